The third-order valence-corrected chi connectivity index (χ3v) is 4.23. The summed E-state index contributed by atoms with van der Waals surface area (Å²) in [5, 5.41) is 4.26. The van der Waals surface area contributed by atoms with Crippen LogP contribution in [0.4, 0.5) is 0 Å². The first-order valence-electron chi connectivity index (χ1n) is 7.02. The van der Waals surface area contributed by atoms with Gasteiger partial charge in [0, 0.05) is 16.6 Å². The third kappa shape index (κ3) is 2.82. The molecule has 4 heteroatoms. The minimum Gasteiger partial charge on any atom is -0.493 e. The highest BCUT2D eigenvalue weighted by atomic mass is 35.5. The lowest BCUT2D eigenvalue weighted by molar-refractivity contribution is 0.275. The smallest absolute Gasteiger partial charge is 0.167 e. The van der Waals surface area contributed by atoms with E-state index >= 15 is 0 Å². The van der Waals surface area contributed by atoms with Crippen molar-refractivity contribution in [2.75, 3.05) is 20.3 Å². The number of halogens is 1. The second kappa shape index (κ2) is 5.59. The van der Waals surface area contributed by atoms with Gasteiger partial charge in [0.2, 0.25) is 0 Å². The number of rotatable bonds is 5. The Hall–Kier alpha value is -0.930. The van der Waals surface area contributed by atoms with Crippen molar-refractivity contribution in [3.63, 3.8) is 0 Å². The Morgan fingerprint density at radius 2 is 2.16 bits per heavy atom. The van der Waals surface area contributed by atoms with Crippen LogP contribution in [0.25, 0.3) is 0 Å². The number of hydrogen-bond donors (Lipinski definition) is 1. The van der Waals surface area contributed by atoms with E-state index in [0.717, 1.165) is 41.7 Å². The van der Waals surface area contributed by atoms with Crippen molar-refractivity contribution in [1.29, 1.82) is 0 Å². The highest BCUT2D eigenvalue weighted by Gasteiger charge is 2.28. The molecule has 1 N–H and O–H groups in total. The van der Waals surface area contributed by atoms with Gasteiger partial charge in [0.15, 0.2) is 11.5 Å². The summed E-state index contributed by atoms with van der Waals surface area (Å²) in [4.78, 5) is 0. The van der Waals surface area contributed by atoms with Crippen LogP contribution in [0.1, 0.15) is 37.3 Å². The molecule has 1 heterocycles. The Morgan fingerprint density at radius 3 is 2.79 bits per heavy atom. The Balaban J connectivity index is 1.92. The summed E-state index contributed by atoms with van der Waals surface area (Å²) in [6.45, 7) is 1.82. The molecule has 0 amide bonds. The van der Waals surface area contributed by atoms with Gasteiger partial charge in [0.1, 0.15) is 0 Å². The van der Waals surface area contributed by atoms with Gasteiger partial charge in [-0.25, -0.2) is 0 Å². The molecule has 0 bridgehead atoms. The van der Waals surface area contributed by atoms with Gasteiger partial charge in [-0.15, -0.1) is 0 Å². The molecular weight excluding hydrogens is 262 g/mol. The van der Waals surface area contributed by atoms with Gasteiger partial charge >= 0.3 is 0 Å². The normalized spacial score (nSPS) is 22.5. The van der Waals surface area contributed by atoms with E-state index in [9.17, 15) is 0 Å². The molecule has 2 aliphatic rings. The second-order valence-corrected chi connectivity index (χ2v) is 5.80. The molecular formula is C15H20ClNO2. The van der Waals surface area contributed by atoms with Crippen LogP contribution < -0.4 is 14.8 Å². The summed E-state index contributed by atoms with van der Waals surface area (Å²) < 4.78 is 11.5. The molecule has 0 aromatic heterocycles. The lowest BCUT2D eigenvalue weighted by atomic mass is 10.0. The Morgan fingerprint density at radius 1 is 1.32 bits per heavy atom. The van der Waals surface area contributed by atoms with Gasteiger partial charge in [-0.3, -0.25) is 0 Å². The zero-order valence-corrected chi connectivity index (χ0v) is 12.0. The highest BCUT2D eigenvalue weighted by molar-refractivity contribution is 6.31. The minimum atomic E-state index is 0.289. The molecule has 2 fully saturated rings. The van der Waals surface area contributed by atoms with Crippen molar-refractivity contribution < 1.29 is 9.47 Å². The monoisotopic (exact) mass is 281 g/mol. The number of hydrogen-bond acceptors (Lipinski definition) is 3. The molecule has 1 aromatic carbocycles. The lowest BCUT2D eigenvalue weighted by Gasteiger charge is -2.20. The molecule has 19 heavy (non-hydrogen) atoms. The molecule has 1 aliphatic heterocycles. The fourth-order valence-corrected chi connectivity index (χ4v) is 2.89. The number of methoxy groups -OCH3 is 1. The van der Waals surface area contributed by atoms with Crippen LogP contribution >= 0.6 is 11.6 Å². The predicted molar refractivity (Wildman–Crippen MR) is 76.2 cm³/mol. The molecule has 1 atom stereocenters. The van der Waals surface area contributed by atoms with Crippen LogP contribution in [-0.2, 0) is 0 Å². The summed E-state index contributed by atoms with van der Waals surface area (Å²) >= 11 is 6.39. The molecule has 104 valence electrons. The maximum Gasteiger partial charge on any atom is 0.167 e. The van der Waals surface area contributed by atoms with Crippen LogP contribution in [0.2, 0.25) is 5.02 Å². The predicted octanol–water partition coefficient (Wildman–Crippen LogP) is 3.56. The zero-order valence-electron chi connectivity index (χ0n) is 11.2. The molecule has 1 saturated carbocycles. The summed E-state index contributed by atoms with van der Waals surface area (Å²) in [6.07, 6.45) is 4.84. The number of nitrogens with one attached hydrogen (secondary N) is 1. The standard InChI is InChI=1S/C15H20ClNO2/c1-18-13-7-6-11(16)14(12-3-2-8-17-12)15(13)19-9-10-4-5-10/h6-7,10,12,17H,2-5,8-9H2,1H3. The van der Waals surface area contributed by atoms with Crippen LogP contribution in [0.5, 0.6) is 11.5 Å². The van der Waals surface area contributed by atoms with Crippen molar-refractivity contribution in [1.82, 2.24) is 5.32 Å². The van der Waals surface area contributed by atoms with Gasteiger partial charge in [0.05, 0.1) is 13.7 Å². The van der Waals surface area contributed by atoms with E-state index in [1.165, 1.54) is 19.3 Å². The van der Waals surface area contributed by atoms with Crippen LogP contribution in [0.15, 0.2) is 12.1 Å². The Bertz CT molecular complexity index is 454. The maximum atomic E-state index is 6.39. The lowest BCUT2D eigenvalue weighted by Crippen LogP contribution is -2.15. The molecule has 1 aliphatic carbocycles. The van der Waals surface area contributed by atoms with Crippen molar-refractivity contribution in [2.45, 2.75) is 31.7 Å². The van der Waals surface area contributed by atoms with Gasteiger partial charge in [-0.2, -0.15) is 0 Å². The fourth-order valence-electron chi connectivity index (χ4n) is 2.61. The number of benzene rings is 1. The van der Waals surface area contributed by atoms with Gasteiger partial charge in [-0.05, 0) is 50.3 Å². The molecule has 3 nitrogen and oxygen atoms in total. The van der Waals surface area contributed by atoms with Gasteiger partial charge < -0.3 is 14.8 Å². The topological polar surface area (TPSA) is 30.5 Å². The van der Waals surface area contributed by atoms with E-state index in [-0.39, 0.29) is 6.04 Å². The molecule has 1 aromatic rings. The fraction of sp³-hybridized carbons (Fsp3) is 0.600. The van der Waals surface area contributed by atoms with E-state index in [4.69, 9.17) is 21.1 Å². The quantitative estimate of drug-likeness (QED) is 0.895. The van der Waals surface area contributed by atoms with E-state index < -0.39 is 0 Å². The van der Waals surface area contributed by atoms with Crippen LogP contribution in [0.3, 0.4) is 0 Å². The molecule has 0 radical (unpaired) electrons. The summed E-state index contributed by atoms with van der Waals surface area (Å²) in [5.74, 6) is 2.34. The zero-order chi connectivity index (χ0) is 13.2. The average Bonchev–Trinajstić information content (AvgIpc) is 3.10. The Labute approximate surface area is 119 Å². The summed E-state index contributed by atoms with van der Waals surface area (Å²) in [6, 6.07) is 4.08. The van der Waals surface area contributed by atoms with Gasteiger partial charge in [-0.1, -0.05) is 11.6 Å². The van der Waals surface area contributed by atoms with Gasteiger partial charge in [0.25, 0.3) is 0 Å². The van der Waals surface area contributed by atoms with Crippen molar-refractivity contribution in [2.24, 2.45) is 5.92 Å². The van der Waals surface area contributed by atoms with E-state index in [1.807, 2.05) is 12.1 Å². The van der Waals surface area contributed by atoms with Crippen molar-refractivity contribution in [3.8, 4) is 11.5 Å². The molecule has 0 spiro atoms. The Kier molecular flexibility index (Phi) is 3.85. The average molecular weight is 282 g/mol. The van der Waals surface area contributed by atoms with E-state index in [1.54, 1.807) is 7.11 Å². The number of ether oxygens (including phenoxy) is 2. The SMILES string of the molecule is COc1ccc(Cl)c(C2CCCN2)c1OCC1CC1. The third-order valence-electron chi connectivity index (χ3n) is 3.90. The second-order valence-electron chi connectivity index (χ2n) is 5.40. The minimum absolute atomic E-state index is 0.289. The van der Waals surface area contributed by atoms with Crippen molar-refractivity contribution >= 4 is 11.6 Å². The molecule has 3 rings (SSSR count). The van der Waals surface area contributed by atoms with Crippen LogP contribution in [0, 0.1) is 5.92 Å². The highest BCUT2D eigenvalue weighted by Crippen LogP contribution is 2.43. The molecule has 1 unspecified atom stereocenters. The first-order chi connectivity index (χ1) is 9.29. The van der Waals surface area contributed by atoms with Crippen LogP contribution in [-0.4, -0.2) is 20.3 Å². The van der Waals surface area contributed by atoms with E-state index in [2.05, 4.69) is 5.32 Å². The van der Waals surface area contributed by atoms with Crippen molar-refractivity contribution in [3.05, 3.63) is 22.7 Å². The first kappa shape index (κ1) is 13.1. The maximum absolute atomic E-state index is 6.39. The largest absolute Gasteiger partial charge is 0.493 e. The summed E-state index contributed by atoms with van der Waals surface area (Å²) in [7, 11) is 1.68. The summed E-state index contributed by atoms with van der Waals surface area (Å²) in [5.41, 5.74) is 1.07. The first-order valence-corrected chi connectivity index (χ1v) is 7.40. The van der Waals surface area contributed by atoms with E-state index in [0.29, 0.717) is 5.92 Å². The molecule has 1 saturated heterocycles.